The Hall–Kier alpha value is -0.160. The molecule has 0 bridgehead atoms. The van der Waals surface area contributed by atoms with Gasteiger partial charge in [0.15, 0.2) is 0 Å². The van der Waals surface area contributed by atoms with Crippen LogP contribution in [0.15, 0.2) is 0 Å². The molecule has 0 spiro atoms. The highest BCUT2D eigenvalue weighted by Gasteiger charge is 2.24. The summed E-state index contributed by atoms with van der Waals surface area (Å²) in [5.74, 6) is 0. The summed E-state index contributed by atoms with van der Waals surface area (Å²) < 4.78 is 5.28. The molecule has 0 aromatic carbocycles. The van der Waals surface area contributed by atoms with Gasteiger partial charge in [-0.1, -0.05) is 0 Å². The second-order valence-corrected chi connectivity index (χ2v) is 4.19. The average Bonchev–Trinajstić information content (AvgIpc) is 2.20. The molecule has 4 nitrogen and oxygen atoms in total. The molecular weight excluding hydrogens is 178 g/mol. The monoisotopic (exact) mass is 201 g/mol. The molecule has 2 N–H and O–H groups in total. The van der Waals surface area contributed by atoms with Crippen LogP contribution in [-0.4, -0.2) is 68.8 Å². The highest BCUT2D eigenvalue weighted by atomic mass is 16.5. The molecule has 14 heavy (non-hydrogen) atoms. The number of hydrogen-bond donors (Lipinski definition) is 1. The van der Waals surface area contributed by atoms with Crippen LogP contribution in [0.2, 0.25) is 0 Å². The maximum Gasteiger partial charge on any atom is 0.0670 e. The number of methoxy groups -OCH3 is 1. The summed E-state index contributed by atoms with van der Waals surface area (Å²) in [5, 5.41) is 0. The lowest BCUT2D eigenvalue weighted by Crippen LogP contribution is -2.56. The Morgan fingerprint density at radius 3 is 2.79 bits per heavy atom. The van der Waals surface area contributed by atoms with Gasteiger partial charge in [-0.25, -0.2) is 0 Å². The zero-order chi connectivity index (χ0) is 10.6. The molecule has 84 valence electrons. The van der Waals surface area contributed by atoms with E-state index >= 15 is 0 Å². The van der Waals surface area contributed by atoms with Gasteiger partial charge in [-0.15, -0.1) is 0 Å². The molecule has 2 atom stereocenters. The third kappa shape index (κ3) is 3.20. The highest BCUT2D eigenvalue weighted by Crippen LogP contribution is 2.08. The predicted molar refractivity (Wildman–Crippen MR) is 58.4 cm³/mol. The van der Waals surface area contributed by atoms with E-state index < -0.39 is 0 Å². The SMILES string of the molecule is COC(C)CN1CCN(C)CC1CN. The largest absolute Gasteiger partial charge is 0.380 e. The lowest BCUT2D eigenvalue weighted by atomic mass is 10.1. The van der Waals surface area contributed by atoms with Gasteiger partial charge in [0.2, 0.25) is 0 Å². The first kappa shape index (κ1) is 11.9. The maximum absolute atomic E-state index is 5.76. The summed E-state index contributed by atoms with van der Waals surface area (Å²) in [6.45, 7) is 7.14. The molecule has 0 aromatic rings. The van der Waals surface area contributed by atoms with Crippen molar-refractivity contribution in [1.82, 2.24) is 9.80 Å². The molecule has 0 saturated carbocycles. The van der Waals surface area contributed by atoms with Crippen molar-refractivity contribution in [3.8, 4) is 0 Å². The summed E-state index contributed by atoms with van der Waals surface area (Å²) in [6, 6.07) is 0.492. The normalized spacial score (nSPS) is 27.9. The zero-order valence-electron chi connectivity index (χ0n) is 9.57. The maximum atomic E-state index is 5.76. The lowest BCUT2D eigenvalue weighted by Gasteiger charge is -2.40. The fourth-order valence-corrected chi connectivity index (χ4v) is 1.92. The van der Waals surface area contributed by atoms with E-state index in [0.717, 1.165) is 32.7 Å². The lowest BCUT2D eigenvalue weighted by molar-refractivity contribution is 0.0300. The van der Waals surface area contributed by atoms with Crippen LogP contribution in [0.1, 0.15) is 6.92 Å². The van der Waals surface area contributed by atoms with E-state index in [1.165, 1.54) is 0 Å². The zero-order valence-corrected chi connectivity index (χ0v) is 9.57. The molecular formula is C10H23N3O. The van der Waals surface area contributed by atoms with Gasteiger partial charge in [-0.05, 0) is 14.0 Å². The number of ether oxygens (including phenoxy) is 1. The van der Waals surface area contributed by atoms with E-state index in [0.29, 0.717) is 12.1 Å². The average molecular weight is 201 g/mol. The topological polar surface area (TPSA) is 41.7 Å². The number of likely N-dealkylation sites (N-methyl/N-ethyl adjacent to an activating group) is 1. The van der Waals surface area contributed by atoms with E-state index in [9.17, 15) is 0 Å². The Bertz CT molecular complexity index is 165. The first-order chi connectivity index (χ1) is 6.67. The Morgan fingerprint density at radius 1 is 1.50 bits per heavy atom. The van der Waals surface area contributed by atoms with Crippen molar-refractivity contribution in [2.75, 3.05) is 46.9 Å². The molecule has 2 unspecified atom stereocenters. The Balaban J connectivity index is 2.41. The number of rotatable bonds is 4. The van der Waals surface area contributed by atoms with Crippen molar-refractivity contribution < 1.29 is 4.74 Å². The summed E-state index contributed by atoms with van der Waals surface area (Å²) in [7, 11) is 3.91. The van der Waals surface area contributed by atoms with Crippen molar-refractivity contribution >= 4 is 0 Å². The van der Waals surface area contributed by atoms with Gasteiger partial charge in [0.05, 0.1) is 6.10 Å². The van der Waals surface area contributed by atoms with Gasteiger partial charge in [0.1, 0.15) is 0 Å². The van der Waals surface area contributed by atoms with E-state index in [1.54, 1.807) is 7.11 Å². The van der Waals surface area contributed by atoms with Crippen LogP contribution < -0.4 is 5.73 Å². The van der Waals surface area contributed by atoms with Gasteiger partial charge in [0.25, 0.3) is 0 Å². The molecule has 1 saturated heterocycles. The Labute approximate surface area is 87.0 Å². The minimum Gasteiger partial charge on any atom is -0.380 e. The van der Waals surface area contributed by atoms with Crippen LogP contribution in [0, 0.1) is 0 Å². The molecule has 4 heteroatoms. The number of nitrogens with two attached hydrogens (primary N) is 1. The Kier molecular flexibility index (Phi) is 4.81. The van der Waals surface area contributed by atoms with E-state index in [2.05, 4.69) is 23.8 Å². The van der Waals surface area contributed by atoms with Gasteiger partial charge in [-0.3, -0.25) is 4.90 Å². The fourth-order valence-electron chi connectivity index (χ4n) is 1.92. The third-order valence-corrected chi connectivity index (χ3v) is 2.97. The second kappa shape index (κ2) is 5.66. The number of hydrogen-bond acceptors (Lipinski definition) is 4. The molecule has 1 aliphatic rings. The van der Waals surface area contributed by atoms with Crippen molar-refractivity contribution in [3.63, 3.8) is 0 Å². The number of piperazine rings is 1. The first-order valence-electron chi connectivity index (χ1n) is 5.32. The van der Waals surface area contributed by atoms with Crippen LogP contribution in [-0.2, 0) is 4.74 Å². The molecule has 1 fully saturated rings. The molecule has 0 amide bonds. The van der Waals surface area contributed by atoms with Gasteiger partial charge in [0, 0.05) is 45.9 Å². The molecule has 1 rings (SSSR count). The quantitative estimate of drug-likeness (QED) is 0.672. The van der Waals surface area contributed by atoms with Crippen molar-refractivity contribution in [2.24, 2.45) is 5.73 Å². The third-order valence-electron chi connectivity index (χ3n) is 2.97. The molecule has 0 radical (unpaired) electrons. The Morgan fingerprint density at radius 2 is 2.21 bits per heavy atom. The second-order valence-electron chi connectivity index (χ2n) is 4.19. The molecule has 0 aromatic heterocycles. The van der Waals surface area contributed by atoms with Crippen LogP contribution in [0.3, 0.4) is 0 Å². The molecule has 1 heterocycles. The van der Waals surface area contributed by atoms with E-state index in [4.69, 9.17) is 10.5 Å². The standard InChI is InChI=1S/C10H23N3O/c1-9(14-3)7-13-5-4-12(2)8-10(13)6-11/h9-10H,4-8,11H2,1-3H3. The van der Waals surface area contributed by atoms with Gasteiger partial charge in [-0.2, -0.15) is 0 Å². The summed E-state index contributed by atoms with van der Waals surface area (Å²) in [4.78, 5) is 4.78. The molecule has 0 aliphatic carbocycles. The molecule has 1 aliphatic heterocycles. The highest BCUT2D eigenvalue weighted by molar-refractivity contribution is 4.82. The van der Waals surface area contributed by atoms with Crippen LogP contribution in [0.25, 0.3) is 0 Å². The van der Waals surface area contributed by atoms with Crippen LogP contribution in [0.5, 0.6) is 0 Å². The van der Waals surface area contributed by atoms with Crippen molar-refractivity contribution in [2.45, 2.75) is 19.1 Å². The minimum absolute atomic E-state index is 0.299. The summed E-state index contributed by atoms with van der Waals surface area (Å²) >= 11 is 0. The number of nitrogens with zero attached hydrogens (tertiary/aromatic N) is 2. The summed E-state index contributed by atoms with van der Waals surface area (Å²) in [6.07, 6.45) is 0.299. The minimum atomic E-state index is 0.299. The summed E-state index contributed by atoms with van der Waals surface area (Å²) in [5.41, 5.74) is 5.76. The van der Waals surface area contributed by atoms with Crippen molar-refractivity contribution in [1.29, 1.82) is 0 Å². The smallest absolute Gasteiger partial charge is 0.0670 e. The van der Waals surface area contributed by atoms with Gasteiger partial charge < -0.3 is 15.4 Å². The van der Waals surface area contributed by atoms with Crippen LogP contribution >= 0.6 is 0 Å². The van der Waals surface area contributed by atoms with E-state index in [-0.39, 0.29) is 0 Å². The van der Waals surface area contributed by atoms with Gasteiger partial charge >= 0.3 is 0 Å². The predicted octanol–water partition coefficient (Wildman–Crippen LogP) is -0.404. The fraction of sp³-hybridized carbons (Fsp3) is 1.00. The first-order valence-corrected chi connectivity index (χ1v) is 5.32. The van der Waals surface area contributed by atoms with Crippen molar-refractivity contribution in [3.05, 3.63) is 0 Å². The van der Waals surface area contributed by atoms with E-state index in [1.807, 2.05) is 0 Å². The van der Waals surface area contributed by atoms with Crippen LogP contribution in [0.4, 0.5) is 0 Å².